The fraction of sp³-hybridized carbons (Fsp3) is 0.417. The number of nitro benzene ring substituents is 1. The Hall–Kier alpha value is -2.15. The molecule has 0 atom stereocenters. The van der Waals surface area contributed by atoms with Crippen molar-refractivity contribution in [2.24, 2.45) is 0 Å². The van der Waals surface area contributed by atoms with Crippen LogP contribution in [0.4, 0.5) is 5.69 Å². The average molecular weight is 268 g/mol. The van der Waals surface area contributed by atoms with Crippen LogP contribution in [0.25, 0.3) is 0 Å². The molecule has 7 heteroatoms. The first kappa shape index (κ1) is 14.9. The van der Waals surface area contributed by atoms with Crippen LogP contribution in [0.15, 0.2) is 18.2 Å². The predicted molar refractivity (Wildman–Crippen MR) is 68.7 cm³/mol. The zero-order valence-electron chi connectivity index (χ0n) is 10.8. The molecule has 0 aliphatic rings. The average Bonchev–Trinajstić information content (AvgIpc) is 2.34. The number of hydrogen-bond donors (Lipinski definition) is 2. The number of carboxylic acids is 1. The van der Waals surface area contributed by atoms with Crippen molar-refractivity contribution in [3.8, 4) is 5.75 Å². The number of nitrogens with zero attached hydrogens (tertiary/aromatic N) is 1. The molecule has 2 N–H and O–H groups in total. The van der Waals surface area contributed by atoms with E-state index in [1.54, 1.807) is 0 Å². The maximum absolute atomic E-state index is 10.9. The number of aromatic carboxylic acids is 1. The fourth-order valence-electron chi connectivity index (χ4n) is 1.42. The summed E-state index contributed by atoms with van der Waals surface area (Å²) in [7, 11) is 0. The largest absolute Gasteiger partial charge is 0.485 e. The number of rotatable bonds is 7. The molecule has 0 aliphatic heterocycles. The SMILES string of the molecule is CC(C)NCCOc1ccc(C(=O)O)cc1[N+](=O)[O-]. The van der Waals surface area contributed by atoms with E-state index >= 15 is 0 Å². The molecular formula is C12H16N2O5. The van der Waals surface area contributed by atoms with Gasteiger partial charge in [-0.25, -0.2) is 4.79 Å². The molecule has 7 nitrogen and oxygen atoms in total. The van der Waals surface area contributed by atoms with Crippen molar-refractivity contribution in [3.05, 3.63) is 33.9 Å². The number of carboxylic acid groups (broad SMARTS) is 1. The third-order valence-corrected chi connectivity index (χ3v) is 2.31. The summed E-state index contributed by atoms with van der Waals surface area (Å²) in [6.07, 6.45) is 0. The Kier molecular flexibility index (Phi) is 5.25. The van der Waals surface area contributed by atoms with Gasteiger partial charge in [0.05, 0.1) is 10.5 Å². The number of carbonyl (C=O) groups is 1. The van der Waals surface area contributed by atoms with Crippen molar-refractivity contribution >= 4 is 11.7 Å². The molecule has 0 amide bonds. The standard InChI is InChI=1S/C12H16N2O5/c1-8(2)13-5-6-19-11-4-3-9(12(15)16)7-10(11)14(17)18/h3-4,7-8,13H,5-6H2,1-2H3,(H,15,16). The molecule has 0 unspecified atom stereocenters. The minimum absolute atomic E-state index is 0.0700. The lowest BCUT2D eigenvalue weighted by atomic mass is 10.2. The van der Waals surface area contributed by atoms with Gasteiger partial charge in [-0.15, -0.1) is 0 Å². The molecule has 1 aromatic rings. The highest BCUT2D eigenvalue weighted by molar-refractivity contribution is 5.88. The van der Waals surface area contributed by atoms with E-state index in [1.807, 2.05) is 13.8 Å². The summed E-state index contributed by atoms with van der Waals surface area (Å²) in [4.78, 5) is 20.9. The van der Waals surface area contributed by atoms with E-state index in [-0.39, 0.29) is 23.6 Å². The van der Waals surface area contributed by atoms with E-state index in [4.69, 9.17) is 9.84 Å². The van der Waals surface area contributed by atoms with Gasteiger partial charge in [-0.2, -0.15) is 0 Å². The third kappa shape index (κ3) is 4.55. The zero-order valence-corrected chi connectivity index (χ0v) is 10.8. The molecule has 19 heavy (non-hydrogen) atoms. The molecule has 0 spiro atoms. The molecule has 0 aliphatic carbocycles. The summed E-state index contributed by atoms with van der Waals surface area (Å²) in [5.41, 5.74) is -0.483. The maximum atomic E-state index is 10.9. The molecular weight excluding hydrogens is 252 g/mol. The lowest BCUT2D eigenvalue weighted by Gasteiger charge is -2.10. The number of nitrogens with one attached hydrogen (secondary N) is 1. The Bertz CT molecular complexity index is 473. The normalized spacial score (nSPS) is 10.5. The zero-order chi connectivity index (χ0) is 14.4. The quantitative estimate of drug-likeness (QED) is 0.443. The van der Waals surface area contributed by atoms with Crippen molar-refractivity contribution < 1.29 is 19.6 Å². The third-order valence-electron chi connectivity index (χ3n) is 2.31. The summed E-state index contributed by atoms with van der Waals surface area (Å²) in [6.45, 7) is 4.77. The first-order chi connectivity index (χ1) is 8.91. The molecule has 0 saturated carbocycles. The minimum atomic E-state index is -1.21. The van der Waals surface area contributed by atoms with Gasteiger partial charge in [0.15, 0.2) is 5.75 Å². The van der Waals surface area contributed by atoms with Gasteiger partial charge >= 0.3 is 11.7 Å². The Balaban J connectivity index is 2.77. The molecule has 104 valence electrons. The van der Waals surface area contributed by atoms with Gasteiger partial charge in [0, 0.05) is 18.7 Å². The van der Waals surface area contributed by atoms with Crippen LogP contribution in [0.2, 0.25) is 0 Å². The molecule has 0 aromatic heterocycles. The number of benzene rings is 1. The van der Waals surface area contributed by atoms with Crippen LogP contribution in [-0.2, 0) is 0 Å². The minimum Gasteiger partial charge on any atom is -0.485 e. The van der Waals surface area contributed by atoms with Crippen molar-refractivity contribution in [1.29, 1.82) is 0 Å². The van der Waals surface area contributed by atoms with Crippen molar-refractivity contribution in [2.75, 3.05) is 13.2 Å². The van der Waals surface area contributed by atoms with Crippen LogP contribution in [0.3, 0.4) is 0 Å². The van der Waals surface area contributed by atoms with Crippen LogP contribution >= 0.6 is 0 Å². The van der Waals surface area contributed by atoms with Gasteiger partial charge in [0.25, 0.3) is 0 Å². The van der Waals surface area contributed by atoms with Crippen LogP contribution < -0.4 is 10.1 Å². The van der Waals surface area contributed by atoms with Crippen LogP contribution in [0, 0.1) is 10.1 Å². The van der Waals surface area contributed by atoms with Gasteiger partial charge in [0.2, 0.25) is 0 Å². The highest BCUT2D eigenvalue weighted by Gasteiger charge is 2.18. The molecule has 0 bridgehead atoms. The van der Waals surface area contributed by atoms with Gasteiger partial charge < -0.3 is 15.2 Å². The van der Waals surface area contributed by atoms with Gasteiger partial charge in [-0.1, -0.05) is 13.8 Å². The molecule has 1 rings (SSSR count). The molecule has 0 radical (unpaired) electrons. The monoisotopic (exact) mass is 268 g/mol. The smallest absolute Gasteiger partial charge is 0.335 e. The van der Waals surface area contributed by atoms with Crippen molar-refractivity contribution in [3.63, 3.8) is 0 Å². The first-order valence-electron chi connectivity index (χ1n) is 5.79. The summed E-state index contributed by atoms with van der Waals surface area (Å²) >= 11 is 0. The summed E-state index contributed by atoms with van der Waals surface area (Å²) in [6, 6.07) is 3.87. The molecule has 0 saturated heterocycles. The van der Waals surface area contributed by atoms with Gasteiger partial charge in [-0.05, 0) is 12.1 Å². The number of ether oxygens (including phenoxy) is 1. The second kappa shape index (κ2) is 6.69. The maximum Gasteiger partial charge on any atom is 0.335 e. The van der Waals surface area contributed by atoms with E-state index in [9.17, 15) is 14.9 Å². The van der Waals surface area contributed by atoms with Gasteiger partial charge in [-0.3, -0.25) is 10.1 Å². The fourth-order valence-corrected chi connectivity index (χ4v) is 1.42. The van der Waals surface area contributed by atoms with Crippen molar-refractivity contribution in [2.45, 2.75) is 19.9 Å². The Labute approximate surface area is 110 Å². The second-order valence-corrected chi connectivity index (χ2v) is 4.20. The lowest BCUT2D eigenvalue weighted by molar-refractivity contribution is -0.385. The highest BCUT2D eigenvalue weighted by atomic mass is 16.6. The van der Waals surface area contributed by atoms with E-state index < -0.39 is 10.9 Å². The van der Waals surface area contributed by atoms with E-state index in [0.29, 0.717) is 12.6 Å². The number of hydrogen-bond acceptors (Lipinski definition) is 5. The highest BCUT2D eigenvalue weighted by Crippen LogP contribution is 2.27. The lowest BCUT2D eigenvalue weighted by Crippen LogP contribution is -2.27. The topological polar surface area (TPSA) is 102 Å². The number of nitro groups is 1. The summed E-state index contributed by atoms with van der Waals surface area (Å²) in [5.74, 6) is -1.14. The summed E-state index contributed by atoms with van der Waals surface area (Å²) < 4.78 is 5.29. The van der Waals surface area contributed by atoms with Crippen LogP contribution in [0.1, 0.15) is 24.2 Å². The predicted octanol–water partition coefficient (Wildman–Crippen LogP) is 1.67. The molecule has 0 fully saturated rings. The Morgan fingerprint density at radius 2 is 2.21 bits per heavy atom. The Morgan fingerprint density at radius 1 is 1.53 bits per heavy atom. The van der Waals surface area contributed by atoms with Crippen molar-refractivity contribution in [1.82, 2.24) is 5.32 Å². The van der Waals surface area contributed by atoms with E-state index in [2.05, 4.69) is 5.32 Å². The van der Waals surface area contributed by atoms with E-state index in [0.717, 1.165) is 6.07 Å². The van der Waals surface area contributed by atoms with Crippen LogP contribution in [0.5, 0.6) is 5.75 Å². The first-order valence-corrected chi connectivity index (χ1v) is 5.79. The molecule has 1 aromatic carbocycles. The Morgan fingerprint density at radius 3 is 2.74 bits per heavy atom. The van der Waals surface area contributed by atoms with Crippen LogP contribution in [-0.4, -0.2) is 35.2 Å². The summed E-state index contributed by atoms with van der Waals surface area (Å²) in [5, 5.41) is 22.7. The van der Waals surface area contributed by atoms with Gasteiger partial charge in [0.1, 0.15) is 6.61 Å². The van der Waals surface area contributed by atoms with E-state index in [1.165, 1.54) is 12.1 Å². The second-order valence-electron chi connectivity index (χ2n) is 4.20. The molecule has 0 heterocycles.